The van der Waals surface area contributed by atoms with Crippen LogP contribution in [0.2, 0.25) is 0 Å². The van der Waals surface area contributed by atoms with Gasteiger partial charge >= 0.3 is 0 Å². The molecule has 0 bridgehead atoms. The Hall–Kier alpha value is -1.89. The van der Waals surface area contributed by atoms with Crippen molar-refractivity contribution >= 4 is 33.6 Å². The molecule has 0 saturated heterocycles. The Morgan fingerprint density at radius 3 is 2.56 bits per heavy atom. The highest BCUT2D eigenvalue weighted by molar-refractivity contribution is 9.10. The zero-order chi connectivity index (χ0) is 19.4. The van der Waals surface area contributed by atoms with Gasteiger partial charge in [-0.15, -0.1) is 0 Å². The van der Waals surface area contributed by atoms with Crippen LogP contribution in [0.3, 0.4) is 0 Å². The average molecular weight is 434 g/mol. The molecule has 6 nitrogen and oxygen atoms in total. The van der Waals surface area contributed by atoms with Gasteiger partial charge < -0.3 is 15.5 Å². The third-order valence-corrected chi connectivity index (χ3v) is 6.11. The first kappa shape index (κ1) is 19.9. The van der Waals surface area contributed by atoms with Crippen molar-refractivity contribution in [1.82, 2.24) is 15.3 Å². The summed E-state index contributed by atoms with van der Waals surface area (Å²) in [7, 11) is 3.97. The number of carbonyl (C=O) groups excluding carboxylic acids is 1. The average Bonchev–Trinajstić information content (AvgIpc) is 2.65. The number of alkyl halides is 1. The molecular formula is C20H28BrN5O. The quantitative estimate of drug-likeness (QED) is 0.696. The van der Waals surface area contributed by atoms with Gasteiger partial charge in [0, 0.05) is 37.9 Å². The molecular weight excluding hydrogens is 406 g/mol. The molecule has 1 aromatic rings. The fourth-order valence-electron chi connectivity index (χ4n) is 3.59. The van der Waals surface area contributed by atoms with Crippen LogP contribution in [-0.4, -0.2) is 46.4 Å². The van der Waals surface area contributed by atoms with Gasteiger partial charge in [-0.05, 0) is 39.0 Å². The van der Waals surface area contributed by atoms with Crippen molar-refractivity contribution in [3.63, 3.8) is 0 Å². The fraction of sp³-hybridized carbons (Fsp3) is 0.550. The molecule has 3 rings (SSSR count). The number of aryl methyl sites for hydroxylation is 1. The van der Waals surface area contributed by atoms with E-state index >= 15 is 0 Å². The minimum absolute atomic E-state index is 0.0528. The third-order valence-electron chi connectivity index (χ3n) is 5.16. The van der Waals surface area contributed by atoms with Crippen LogP contribution in [-0.2, 0) is 4.79 Å². The van der Waals surface area contributed by atoms with Crippen LogP contribution in [0.1, 0.15) is 37.7 Å². The van der Waals surface area contributed by atoms with Crippen molar-refractivity contribution in [2.24, 2.45) is 0 Å². The van der Waals surface area contributed by atoms with E-state index in [-0.39, 0.29) is 11.9 Å². The van der Waals surface area contributed by atoms with Crippen LogP contribution in [0.25, 0.3) is 0 Å². The molecule has 1 heterocycles. The first-order valence-corrected chi connectivity index (χ1v) is 10.3. The molecule has 1 unspecified atom stereocenters. The smallest absolute Gasteiger partial charge is 0.241 e. The molecule has 0 aromatic carbocycles. The summed E-state index contributed by atoms with van der Waals surface area (Å²) in [5.74, 6) is 1.66. The summed E-state index contributed by atoms with van der Waals surface area (Å²) < 4.78 is -0.602. The largest absolute Gasteiger partial charge is 0.362 e. The minimum atomic E-state index is -0.602. The summed E-state index contributed by atoms with van der Waals surface area (Å²) in [5.41, 5.74) is 1.06. The Balaban J connectivity index is 1.51. The van der Waals surface area contributed by atoms with Crippen LogP contribution in [0, 0.1) is 6.92 Å². The van der Waals surface area contributed by atoms with Crippen LogP contribution < -0.4 is 15.5 Å². The molecule has 7 heteroatoms. The molecule has 1 amide bonds. The molecule has 1 fully saturated rings. The fourth-order valence-corrected chi connectivity index (χ4v) is 4.04. The number of rotatable bonds is 5. The van der Waals surface area contributed by atoms with Gasteiger partial charge in [-0.1, -0.05) is 40.2 Å². The van der Waals surface area contributed by atoms with Crippen molar-refractivity contribution in [1.29, 1.82) is 0 Å². The number of amides is 1. The van der Waals surface area contributed by atoms with E-state index in [1.54, 1.807) is 0 Å². The number of hydrogen-bond acceptors (Lipinski definition) is 5. The van der Waals surface area contributed by atoms with Crippen LogP contribution in [0.5, 0.6) is 0 Å². The molecule has 0 radical (unpaired) electrons. The number of hydrogen-bond donors (Lipinski definition) is 2. The van der Waals surface area contributed by atoms with E-state index in [4.69, 9.17) is 0 Å². The topological polar surface area (TPSA) is 70.1 Å². The van der Waals surface area contributed by atoms with Gasteiger partial charge in [0.25, 0.3) is 0 Å². The van der Waals surface area contributed by atoms with Crippen molar-refractivity contribution in [2.75, 3.05) is 24.3 Å². The van der Waals surface area contributed by atoms with E-state index in [9.17, 15) is 4.79 Å². The predicted octanol–water partition coefficient (Wildman–Crippen LogP) is 3.34. The minimum Gasteiger partial charge on any atom is -0.362 e. The Bertz CT molecular complexity index is 740. The number of allylic oxidation sites excluding steroid dienone is 3. The Kier molecular flexibility index (Phi) is 6.19. The standard InChI is InChI=1S/C20H28BrN5O/c1-14-13-22-19(25-17(14)26(2)3)24-16-9-7-15(8-10-16)23-18(27)20(21)11-5-4-6-12-20/h4-6,11,13,15-16H,7-10,12H2,1-3H3,(H,23,27)(H,22,24,25). The van der Waals surface area contributed by atoms with Gasteiger partial charge in [0.1, 0.15) is 10.1 Å². The van der Waals surface area contributed by atoms with Crippen molar-refractivity contribution in [2.45, 2.75) is 55.4 Å². The van der Waals surface area contributed by atoms with Gasteiger partial charge in [-0.25, -0.2) is 4.98 Å². The maximum Gasteiger partial charge on any atom is 0.241 e. The molecule has 146 valence electrons. The highest BCUT2D eigenvalue weighted by atomic mass is 79.9. The molecule has 1 aromatic heterocycles. The Morgan fingerprint density at radius 1 is 1.22 bits per heavy atom. The Labute approximate surface area is 169 Å². The zero-order valence-corrected chi connectivity index (χ0v) is 17.8. The van der Waals surface area contributed by atoms with Gasteiger partial charge in [-0.2, -0.15) is 4.98 Å². The number of anilines is 2. The lowest BCUT2D eigenvalue weighted by molar-refractivity contribution is -0.123. The molecule has 0 spiro atoms. The monoisotopic (exact) mass is 433 g/mol. The van der Waals surface area contributed by atoms with E-state index < -0.39 is 4.32 Å². The first-order valence-electron chi connectivity index (χ1n) is 9.49. The number of aromatic nitrogens is 2. The summed E-state index contributed by atoms with van der Waals surface area (Å²) in [5, 5.41) is 6.67. The lowest BCUT2D eigenvalue weighted by Gasteiger charge is -2.32. The van der Waals surface area contributed by atoms with E-state index in [2.05, 4.69) is 36.5 Å². The Morgan fingerprint density at radius 2 is 1.93 bits per heavy atom. The molecule has 0 aliphatic heterocycles. The molecule has 2 N–H and O–H groups in total. The van der Waals surface area contributed by atoms with Gasteiger partial charge in [0.2, 0.25) is 11.9 Å². The first-order chi connectivity index (χ1) is 12.9. The molecule has 27 heavy (non-hydrogen) atoms. The molecule has 1 atom stereocenters. The van der Waals surface area contributed by atoms with Crippen molar-refractivity contribution < 1.29 is 4.79 Å². The second-order valence-electron chi connectivity index (χ2n) is 7.61. The summed E-state index contributed by atoms with van der Waals surface area (Å²) >= 11 is 3.59. The second kappa shape index (κ2) is 8.42. The predicted molar refractivity (Wildman–Crippen MR) is 113 cm³/mol. The summed E-state index contributed by atoms with van der Waals surface area (Å²) in [4.78, 5) is 23.6. The lowest BCUT2D eigenvalue weighted by atomic mass is 9.90. The number of carbonyl (C=O) groups is 1. The van der Waals surface area contributed by atoms with E-state index in [1.807, 2.05) is 56.4 Å². The summed E-state index contributed by atoms with van der Waals surface area (Å²) in [6.07, 6.45) is 14.3. The molecule has 2 aliphatic carbocycles. The second-order valence-corrected chi connectivity index (χ2v) is 9.03. The molecule has 1 saturated carbocycles. The van der Waals surface area contributed by atoms with Crippen LogP contribution in [0.15, 0.2) is 30.5 Å². The highest BCUT2D eigenvalue weighted by Crippen LogP contribution is 2.29. The van der Waals surface area contributed by atoms with E-state index in [0.29, 0.717) is 18.4 Å². The van der Waals surface area contributed by atoms with Gasteiger partial charge in [-0.3, -0.25) is 4.79 Å². The number of nitrogens with zero attached hydrogens (tertiary/aromatic N) is 3. The third kappa shape index (κ3) is 4.89. The van der Waals surface area contributed by atoms with E-state index in [0.717, 1.165) is 37.1 Å². The zero-order valence-electron chi connectivity index (χ0n) is 16.2. The van der Waals surface area contributed by atoms with Crippen LogP contribution >= 0.6 is 15.9 Å². The van der Waals surface area contributed by atoms with E-state index in [1.165, 1.54) is 0 Å². The maximum absolute atomic E-state index is 12.6. The van der Waals surface area contributed by atoms with Crippen molar-refractivity contribution in [3.8, 4) is 0 Å². The number of halogens is 1. The number of nitrogens with one attached hydrogen (secondary N) is 2. The lowest BCUT2D eigenvalue weighted by Crippen LogP contribution is -2.47. The summed E-state index contributed by atoms with van der Waals surface area (Å²) in [6.45, 7) is 2.01. The van der Waals surface area contributed by atoms with Gasteiger partial charge in [0.15, 0.2) is 0 Å². The maximum atomic E-state index is 12.6. The SMILES string of the molecule is Cc1cnc(NC2CCC(NC(=O)C3(Br)C=CC=CC3)CC2)nc1N(C)C. The van der Waals surface area contributed by atoms with Crippen molar-refractivity contribution in [3.05, 3.63) is 36.1 Å². The molecule has 2 aliphatic rings. The highest BCUT2D eigenvalue weighted by Gasteiger charge is 2.34. The summed E-state index contributed by atoms with van der Waals surface area (Å²) in [6, 6.07) is 0.562. The van der Waals surface area contributed by atoms with Gasteiger partial charge in [0.05, 0.1) is 0 Å². The normalized spacial score (nSPS) is 27.3. The van der Waals surface area contributed by atoms with Crippen LogP contribution in [0.4, 0.5) is 11.8 Å².